The molecule has 19 heavy (non-hydrogen) atoms. The van der Waals surface area contributed by atoms with Crippen LogP contribution in [0.15, 0.2) is 0 Å². The molecule has 0 amide bonds. The van der Waals surface area contributed by atoms with Crippen molar-refractivity contribution in [3.63, 3.8) is 0 Å². The van der Waals surface area contributed by atoms with Gasteiger partial charge in [0.15, 0.2) is 0 Å². The summed E-state index contributed by atoms with van der Waals surface area (Å²) in [5.41, 5.74) is 0.371. The zero-order chi connectivity index (χ0) is 14.5. The molecule has 2 nitrogen and oxygen atoms in total. The molecular weight excluding hydrogens is 232 g/mol. The van der Waals surface area contributed by atoms with Gasteiger partial charge in [0.25, 0.3) is 0 Å². The fraction of sp³-hybridized carbons (Fsp3) is 1.00. The average molecular weight is 268 g/mol. The monoisotopic (exact) mass is 268 g/mol. The Hall–Kier alpha value is -0.0800. The van der Waals surface area contributed by atoms with Crippen molar-refractivity contribution in [3.05, 3.63) is 0 Å². The van der Waals surface area contributed by atoms with Crippen molar-refractivity contribution in [1.82, 2.24) is 10.2 Å². The molecule has 0 radical (unpaired) electrons. The van der Waals surface area contributed by atoms with Gasteiger partial charge in [0, 0.05) is 31.7 Å². The van der Waals surface area contributed by atoms with Crippen LogP contribution in [0.4, 0.5) is 0 Å². The quantitative estimate of drug-likeness (QED) is 0.785. The Morgan fingerprint density at radius 3 is 2.26 bits per heavy atom. The summed E-state index contributed by atoms with van der Waals surface area (Å²) in [6.45, 7) is 17.8. The standard InChI is InChI=1S/C17H36N2/c1-7-10-15-13-19(12-14(8-2)9-3)16(11-18-15)17(4,5)6/h14-16,18H,7-13H2,1-6H3. The molecule has 2 unspecified atom stereocenters. The third-order valence-corrected chi connectivity index (χ3v) is 4.78. The van der Waals surface area contributed by atoms with Crippen LogP contribution in [0.3, 0.4) is 0 Å². The molecular formula is C17H36N2. The van der Waals surface area contributed by atoms with Crippen LogP contribution < -0.4 is 5.32 Å². The Labute approximate surface area is 121 Å². The zero-order valence-corrected chi connectivity index (χ0v) is 14.1. The molecule has 1 saturated heterocycles. The molecule has 1 fully saturated rings. The van der Waals surface area contributed by atoms with Gasteiger partial charge in [-0.15, -0.1) is 0 Å². The Morgan fingerprint density at radius 2 is 1.79 bits per heavy atom. The normalized spacial score (nSPS) is 26.1. The van der Waals surface area contributed by atoms with Gasteiger partial charge in [-0.05, 0) is 17.8 Å². The van der Waals surface area contributed by atoms with Crippen molar-refractivity contribution in [2.45, 2.75) is 79.3 Å². The smallest absolute Gasteiger partial charge is 0.0269 e. The predicted octanol–water partition coefficient (Wildman–Crippen LogP) is 3.91. The SMILES string of the molecule is CCCC1CN(CC(CC)CC)C(C(C)(C)C)CN1. The molecule has 2 atom stereocenters. The van der Waals surface area contributed by atoms with E-state index in [1.54, 1.807) is 0 Å². The second kappa shape index (κ2) is 7.64. The Bertz CT molecular complexity index is 240. The lowest BCUT2D eigenvalue weighted by atomic mass is 9.83. The second-order valence-electron chi connectivity index (χ2n) is 7.41. The van der Waals surface area contributed by atoms with Crippen LogP contribution in [0.1, 0.15) is 67.2 Å². The first-order valence-electron chi connectivity index (χ1n) is 8.39. The zero-order valence-electron chi connectivity index (χ0n) is 14.1. The lowest BCUT2D eigenvalue weighted by Crippen LogP contribution is -2.61. The van der Waals surface area contributed by atoms with E-state index in [1.807, 2.05) is 0 Å². The van der Waals surface area contributed by atoms with Gasteiger partial charge < -0.3 is 5.32 Å². The van der Waals surface area contributed by atoms with Crippen molar-refractivity contribution in [1.29, 1.82) is 0 Å². The maximum absolute atomic E-state index is 3.77. The summed E-state index contributed by atoms with van der Waals surface area (Å²) in [5.74, 6) is 0.866. The highest BCUT2D eigenvalue weighted by molar-refractivity contribution is 4.92. The second-order valence-corrected chi connectivity index (χ2v) is 7.41. The van der Waals surface area contributed by atoms with Gasteiger partial charge in [0.1, 0.15) is 0 Å². The van der Waals surface area contributed by atoms with Crippen molar-refractivity contribution >= 4 is 0 Å². The van der Waals surface area contributed by atoms with Crippen LogP contribution in [0.5, 0.6) is 0 Å². The van der Waals surface area contributed by atoms with Gasteiger partial charge in [-0.2, -0.15) is 0 Å². The highest BCUT2D eigenvalue weighted by Crippen LogP contribution is 2.28. The molecule has 1 rings (SSSR count). The van der Waals surface area contributed by atoms with Crippen LogP contribution in [-0.2, 0) is 0 Å². The number of rotatable bonds is 6. The van der Waals surface area contributed by atoms with E-state index >= 15 is 0 Å². The predicted molar refractivity (Wildman–Crippen MR) is 85.6 cm³/mol. The summed E-state index contributed by atoms with van der Waals surface area (Å²) >= 11 is 0. The molecule has 1 aliphatic rings. The fourth-order valence-electron chi connectivity index (χ4n) is 3.36. The van der Waals surface area contributed by atoms with Gasteiger partial charge in [0.05, 0.1) is 0 Å². The van der Waals surface area contributed by atoms with E-state index in [1.165, 1.54) is 38.8 Å². The summed E-state index contributed by atoms with van der Waals surface area (Å²) in [5, 5.41) is 3.77. The molecule has 0 saturated carbocycles. The van der Waals surface area contributed by atoms with Crippen LogP contribution >= 0.6 is 0 Å². The van der Waals surface area contributed by atoms with Crippen LogP contribution in [0.25, 0.3) is 0 Å². The van der Waals surface area contributed by atoms with Crippen molar-refractivity contribution in [2.24, 2.45) is 11.3 Å². The van der Waals surface area contributed by atoms with Crippen molar-refractivity contribution in [3.8, 4) is 0 Å². The summed E-state index contributed by atoms with van der Waals surface area (Å²) in [6.07, 6.45) is 5.23. The average Bonchev–Trinajstić information content (AvgIpc) is 2.35. The third-order valence-electron chi connectivity index (χ3n) is 4.78. The van der Waals surface area contributed by atoms with E-state index in [-0.39, 0.29) is 0 Å². The van der Waals surface area contributed by atoms with E-state index < -0.39 is 0 Å². The number of hydrogen-bond acceptors (Lipinski definition) is 2. The van der Waals surface area contributed by atoms with Gasteiger partial charge in [-0.1, -0.05) is 60.8 Å². The number of nitrogens with zero attached hydrogens (tertiary/aromatic N) is 1. The first-order valence-corrected chi connectivity index (χ1v) is 8.39. The van der Waals surface area contributed by atoms with Crippen molar-refractivity contribution < 1.29 is 0 Å². The van der Waals surface area contributed by atoms with E-state index in [4.69, 9.17) is 0 Å². The van der Waals surface area contributed by atoms with E-state index in [0.29, 0.717) is 17.5 Å². The highest BCUT2D eigenvalue weighted by Gasteiger charge is 2.35. The molecule has 0 spiro atoms. The van der Waals surface area contributed by atoms with E-state index in [2.05, 4.69) is 51.8 Å². The number of hydrogen-bond donors (Lipinski definition) is 1. The van der Waals surface area contributed by atoms with Gasteiger partial charge in [0.2, 0.25) is 0 Å². The molecule has 1 N–H and O–H groups in total. The summed E-state index contributed by atoms with van der Waals surface area (Å²) in [7, 11) is 0. The molecule has 0 bridgehead atoms. The molecule has 1 aliphatic heterocycles. The Morgan fingerprint density at radius 1 is 1.16 bits per heavy atom. The minimum atomic E-state index is 0.371. The minimum Gasteiger partial charge on any atom is -0.311 e. The maximum atomic E-state index is 3.77. The molecule has 0 aromatic heterocycles. The minimum absolute atomic E-state index is 0.371. The third kappa shape index (κ3) is 5.07. The molecule has 1 heterocycles. The topological polar surface area (TPSA) is 15.3 Å². The van der Waals surface area contributed by atoms with Crippen LogP contribution in [0.2, 0.25) is 0 Å². The lowest BCUT2D eigenvalue weighted by molar-refractivity contribution is 0.0400. The summed E-state index contributed by atoms with van der Waals surface area (Å²) in [6, 6.07) is 1.39. The first-order chi connectivity index (χ1) is 8.92. The molecule has 0 aromatic carbocycles. The molecule has 114 valence electrons. The Kier molecular flexibility index (Phi) is 6.82. The van der Waals surface area contributed by atoms with Crippen LogP contribution in [0, 0.1) is 11.3 Å². The van der Waals surface area contributed by atoms with E-state index in [0.717, 1.165) is 12.5 Å². The Balaban J connectivity index is 2.70. The molecule has 2 heteroatoms. The van der Waals surface area contributed by atoms with Gasteiger partial charge >= 0.3 is 0 Å². The first kappa shape index (κ1) is 17.0. The van der Waals surface area contributed by atoms with Gasteiger partial charge in [-0.25, -0.2) is 0 Å². The summed E-state index contributed by atoms with van der Waals surface area (Å²) < 4.78 is 0. The van der Waals surface area contributed by atoms with Crippen LogP contribution in [-0.4, -0.2) is 36.6 Å². The largest absolute Gasteiger partial charge is 0.311 e. The maximum Gasteiger partial charge on any atom is 0.0269 e. The lowest BCUT2D eigenvalue weighted by Gasteiger charge is -2.47. The number of nitrogens with one attached hydrogen (secondary N) is 1. The number of piperazine rings is 1. The van der Waals surface area contributed by atoms with Gasteiger partial charge in [-0.3, -0.25) is 4.90 Å². The molecule has 0 aromatic rings. The van der Waals surface area contributed by atoms with Crippen molar-refractivity contribution in [2.75, 3.05) is 19.6 Å². The fourth-order valence-corrected chi connectivity index (χ4v) is 3.36. The highest BCUT2D eigenvalue weighted by atomic mass is 15.2. The summed E-state index contributed by atoms with van der Waals surface area (Å²) in [4.78, 5) is 2.79. The molecule has 0 aliphatic carbocycles. The van der Waals surface area contributed by atoms with E-state index in [9.17, 15) is 0 Å².